The Labute approximate surface area is 166 Å². The van der Waals surface area contributed by atoms with Gasteiger partial charge in [0.05, 0.1) is 17.6 Å². The summed E-state index contributed by atoms with van der Waals surface area (Å²) in [5.41, 5.74) is -0.639. The van der Waals surface area contributed by atoms with Gasteiger partial charge < -0.3 is 10.1 Å². The van der Waals surface area contributed by atoms with Crippen molar-refractivity contribution in [2.45, 2.75) is 31.6 Å². The number of non-ortho nitro benzene ring substituents is 1. The van der Waals surface area contributed by atoms with E-state index in [0.29, 0.717) is 25.5 Å². The van der Waals surface area contributed by atoms with E-state index in [9.17, 15) is 23.3 Å². The molecule has 0 saturated carbocycles. The second kappa shape index (κ2) is 8.69. The van der Waals surface area contributed by atoms with Crippen molar-refractivity contribution in [1.82, 2.24) is 4.90 Å². The minimum atomic E-state index is -4.67. The number of likely N-dealkylation sites (tertiary alicyclic amines) is 1. The number of nitro groups is 1. The first kappa shape index (κ1) is 20.9. The van der Waals surface area contributed by atoms with Gasteiger partial charge in [0.25, 0.3) is 5.69 Å². The molecule has 0 unspecified atom stereocenters. The van der Waals surface area contributed by atoms with Gasteiger partial charge in [-0.1, -0.05) is 18.2 Å². The standard InChI is InChI=1S/C20H22F3N3O3/c1-29-19-5-3-2-4-14(19)13-25-10-8-15(9-11-25)24-18-7-6-16(26(27)28)12-17(18)20(21,22)23/h2-7,12,15,24H,8-11,13H2,1H3. The van der Waals surface area contributed by atoms with Crippen LogP contribution in [0.5, 0.6) is 5.75 Å². The van der Waals surface area contributed by atoms with Gasteiger partial charge in [0.2, 0.25) is 0 Å². The van der Waals surface area contributed by atoms with E-state index >= 15 is 0 Å². The summed E-state index contributed by atoms with van der Waals surface area (Å²) in [7, 11) is 1.62. The van der Waals surface area contributed by atoms with Crippen molar-refractivity contribution >= 4 is 11.4 Å². The highest BCUT2D eigenvalue weighted by Gasteiger charge is 2.36. The molecular weight excluding hydrogens is 387 g/mol. The molecule has 156 valence electrons. The van der Waals surface area contributed by atoms with E-state index in [0.717, 1.165) is 36.5 Å². The first-order valence-corrected chi connectivity index (χ1v) is 9.24. The largest absolute Gasteiger partial charge is 0.496 e. The summed E-state index contributed by atoms with van der Waals surface area (Å²) in [6.45, 7) is 2.16. The number of para-hydroxylation sites is 1. The quantitative estimate of drug-likeness (QED) is 0.553. The van der Waals surface area contributed by atoms with Gasteiger partial charge in [-0.15, -0.1) is 0 Å². The van der Waals surface area contributed by atoms with Crippen LogP contribution in [0.15, 0.2) is 42.5 Å². The van der Waals surface area contributed by atoms with Crippen LogP contribution >= 0.6 is 0 Å². The van der Waals surface area contributed by atoms with Gasteiger partial charge in [-0.2, -0.15) is 13.2 Å². The summed E-state index contributed by atoms with van der Waals surface area (Å²) in [5.74, 6) is 0.813. The number of ether oxygens (including phenoxy) is 1. The molecule has 6 nitrogen and oxygen atoms in total. The molecule has 1 fully saturated rings. The fourth-order valence-electron chi connectivity index (χ4n) is 3.54. The molecule has 3 rings (SSSR count). The molecule has 0 aliphatic carbocycles. The molecule has 0 radical (unpaired) electrons. The maximum atomic E-state index is 13.3. The number of nitrogens with zero attached hydrogens (tertiary/aromatic N) is 2. The van der Waals surface area contributed by atoms with E-state index in [1.54, 1.807) is 7.11 Å². The fourth-order valence-corrected chi connectivity index (χ4v) is 3.54. The Kier molecular flexibility index (Phi) is 6.26. The average Bonchev–Trinajstić information content (AvgIpc) is 2.69. The molecule has 1 N–H and O–H groups in total. The Balaban J connectivity index is 1.64. The lowest BCUT2D eigenvalue weighted by Crippen LogP contribution is -2.39. The monoisotopic (exact) mass is 409 g/mol. The van der Waals surface area contributed by atoms with Crippen LogP contribution in [0.25, 0.3) is 0 Å². The van der Waals surface area contributed by atoms with Gasteiger partial charge in [-0.05, 0) is 25.0 Å². The molecule has 2 aromatic rings. The number of halogens is 3. The maximum absolute atomic E-state index is 13.3. The smallest absolute Gasteiger partial charge is 0.418 e. The fraction of sp³-hybridized carbons (Fsp3) is 0.400. The highest BCUT2D eigenvalue weighted by Crippen LogP contribution is 2.38. The van der Waals surface area contributed by atoms with Crippen LogP contribution in [-0.4, -0.2) is 36.1 Å². The minimum Gasteiger partial charge on any atom is -0.496 e. The van der Waals surface area contributed by atoms with Crippen LogP contribution in [0.4, 0.5) is 24.5 Å². The Bertz CT molecular complexity index is 866. The van der Waals surface area contributed by atoms with Gasteiger partial charge in [0.1, 0.15) is 5.75 Å². The molecule has 1 aliphatic heterocycles. The summed E-state index contributed by atoms with van der Waals surface area (Å²) in [6, 6.07) is 10.4. The third-order valence-electron chi connectivity index (χ3n) is 5.05. The number of nitro benzene ring substituents is 1. The van der Waals surface area contributed by atoms with Gasteiger partial charge in [0.15, 0.2) is 0 Å². The molecule has 1 aliphatic rings. The van der Waals surface area contributed by atoms with Crippen LogP contribution < -0.4 is 10.1 Å². The molecule has 0 bridgehead atoms. The first-order valence-electron chi connectivity index (χ1n) is 9.24. The van der Waals surface area contributed by atoms with Crippen molar-refractivity contribution in [3.63, 3.8) is 0 Å². The molecule has 29 heavy (non-hydrogen) atoms. The van der Waals surface area contributed by atoms with Crippen molar-refractivity contribution in [2.24, 2.45) is 0 Å². The van der Waals surface area contributed by atoms with Crippen LogP contribution in [0.1, 0.15) is 24.0 Å². The van der Waals surface area contributed by atoms with Gasteiger partial charge >= 0.3 is 6.18 Å². The summed E-state index contributed by atoms with van der Waals surface area (Å²) in [5, 5.41) is 13.8. The Morgan fingerprint density at radius 2 is 1.90 bits per heavy atom. The van der Waals surface area contributed by atoms with E-state index in [2.05, 4.69) is 10.2 Å². The number of nitrogens with one attached hydrogen (secondary N) is 1. The molecule has 9 heteroatoms. The van der Waals surface area contributed by atoms with Gasteiger partial charge in [-0.25, -0.2) is 0 Å². The van der Waals surface area contributed by atoms with E-state index in [-0.39, 0.29) is 11.7 Å². The van der Waals surface area contributed by atoms with Crippen molar-refractivity contribution in [2.75, 3.05) is 25.5 Å². The van der Waals surface area contributed by atoms with E-state index in [1.165, 1.54) is 0 Å². The topological polar surface area (TPSA) is 67.6 Å². The van der Waals surface area contributed by atoms with Crippen LogP contribution in [-0.2, 0) is 12.7 Å². The van der Waals surface area contributed by atoms with Gasteiger partial charge in [0, 0.05) is 49.1 Å². The van der Waals surface area contributed by atoms with Crippen LogP contribution in [0, 0.1) is 10.1 Å². The average molecular weight is 409 g/mol. The Morgan fingerprint density at radius 1 is 1.21 bits per heavy atom. The number of rotatable bonds is 6. The number of alkyl halides is 3. The van der Waals surface area contributed by atoms with Crippen molar-refractivity contribution < 1.29 is 22.8 Å². The zero-order valence-electron chi connectivity index (χ0n) is 15.9. The number of benzene rings is 2. The lowest BCUT2D eigenvalue weighted by Gasteiger charge is -2.33. The summed E-state index contributed by atoms with van der Waals surface area (Å²) >= 11 is 0. The molecule has 0 aromatic heterocycles. The maximum Gasteiger partial charge on any atom is 0.418 e. The van der Waals surface area contributed by atoms with Crippen LogP contribution in [0.2, 0.25) is 0 Å². The molecule has 1 heterocycles. The third kappa shape index (κ3) is 5.17. The van der Waals surface area contributed by atoms with E-state index in [1.807, 2.05) is 24.3 Å². The second-order valence-corrected chi connectivity index (χ2v) is 6.99. The van der Waals surface area contributed by atoms with Crippen molar-refractivity contribution in [3.8, 4) is 5.75 Å². The SMILES string of the molecule is COc1ccccc1CN1CCC(Nc2ccc([N+](=O)[O-])cc2C(F)(F)F)CC1. The predicted octanol–water partition coefficient (Wildman–Crippen LogP) is 4.70. The molecule has 2 aromatic carbocycles. The summed E-state index contributed by atoms with van der Waals surface area (Å²) in [6.07, 6.45) is -3.33. The van der Waals surface area contributed by atoms with Crippen molar-refractivity contribution in [3.05, 3.63) is 63.7 Å². The first-order chi connectivity index (χ1) is 13.8. The minimum absolute atomic E-state index is 0.119. The second-order valence-electron chi connectivity index (χ2n) is 6.99. The highest BCUT2D eigenvalue weighted by atomic mass is 19.4. The molecular formula is C20H22F3N3O3. The van der Waals surface area contributed by atoms with E-state index in [4.69, 9.17) is 4.74 Å². The van der Waals surface area contributed by atoms with Crippen molar-refractivity contribution in [1.29, 1.82) is 0 Å². The number of anilines is 1. The lowest BCUT2D eigenvalue weighted by atomic mass is 10.0. The number of hydrogen-bond acceptors (Lipinski definition) is 5. The molecule has 0 amide bonds. The summed E-state index contributed by atoms with van der Waals surface area (Å²) < 4.78 is 45.4. The third-order valence-corrected chi connectivity index (χ3v) is 5.05. The Hall–Kier alpha value is -2.81. The Morgan fingerprint density at radius 3 is 2.52 bits per heavy atom. The lowest BCUT2D eigenvalue weighted by molar-refractivity contribution is -0.385. The number of hydrogen-bond donors (Lipinski definition) is 1. The highest BCUT2D eigenvalue weighted by molar-refractivity contribution is 5.58. The van der Waals surface area contributed by atoms with Crippen LogP contribution in [0.3, 0.4) is 0 Å². The predicted molar refractivity (Wildman–Crippen MR) is 103 cm³/mol. The van der Waals surface area contributed by atoms with E-state index < -0.39 is 22.4 Å². The normalized spacial score (nSPS) is 15.9. The zero-order chi connectivity index (χ0) is 21.0. The molecule has 1 saturated heterocycles. The summed E-state index contributed by atoms with van der Waals surface area (Å²) in [4.78, 5) is 12.2. The molecule has 0 spiro atoms. The number of piperidine rings is 1. The molecule has 0 atom stereocenters. The number of methoxy groups -OCH3 is 1. The van der Waals surface area contributed by atoms with Gasteiger partial charge in [-0.3, -0.25) is 15.0 Å². The zero-order valence-corrected chi connectivity index (χ0v) is 15.9.